The van der Waals surface area contributed by atoms with E-state index in [2.05, 4.69) is 51.1 Å². The summed E-state index contributed by atoms with van der Waals surface area (Å²) in [6, 6.07) is 0. The van der Waals surface area contributed by atoms with Crippen LogP contribution in [0.3, 0.4) is 0 Å². The lowest BCUT2D eigenvalue weighted by Crippen LogP contribution is -2.59. The average Bonchev–Trinajstić information content (AvgIpc) is 3.03. The van der Waals surface area contributed by atoms with Gasteiger partial charge >= 0.3 is 0 Å². The first-order valence-corrected chi connectivity index (χ1v) is 12.3. The van der Waals surface area contributed by atoms with Crippen molar-refractivity contribution in [3.63, 3.8) is 0 Å². The minimum Gasteiger partial charge on any atom is -0.356 e. The molecule has 152 valence electrons. The number of aliphatic imine (C=N–C) groups is 1. The molecule has 27 heavy (non-hydrogen) atoms. The summed E-state index contributed by atoms with van der Waals surface area (Å²) in [5, 5.41) is 8.35. The summed E-state index contributed by atoms with van der Waals surface area (Å²) in [7, 11) is 1.87. The van der Waals surface area contributed by atoms with Crippen LogP contribution < -0.4 is 10.6 Å². The minimum absolute atomic E-state index is 0.320. The molecule has 0 amide bonds. The molecule has 7 heteroatoms. The Balaban J connectivity index is 1.51. The van der Waals surface area contributed by atoms with Gasteiger partial charge in [0.25, 0.3) is 0 Å². The van der Waals surface area contributed by atoms with Crippen LogP contribution in [0.2, 0.25) is 0 Å². The number of guanidine groups is 1. The molecule has 1 saturated heterocycles. The molecule has 2 N–H and O–H groups in total. The highest BCUT2D eigenvalue weighted by atomic mass is 32.2. The fourth-order valence-corrected chi connectivity index (χ4v) is 6.09. The quantitative estimate of drug-likeness (QED) is 0.558. The van der Waals surface area contributed by atoms with Gasteiger partial charge in [0.2, 0.25) is 0 Å². The highest BCUT2D eigenvalue weighted by Crippen LogP contribution is 2.34. The van der Waals surface area contributed by atoms with E-state index in [1.165, 1.54) is 66.6 Å². The number of thioether (sulfide) groups is 1. The Bertz CT molecular complexity index is 596. The number of thiazole rings is 1. The molecule has 1 aliphatic carbocycles. The molecule has 1 saturated carbocycles. The first-order valence-electron chi connectivity index (χ1n) is 10.3. The maximum atomic E-state index is 4.63. The predicted molar refractivity (Wildman–Crippen MR) is 119 cm³/mol. The molecule has 0 aromatic carbocycles. The summed E-state index contributed by atoms with van der Waals surface area (Å²) in [5.41, 5.74) is 1.48. The van der Waals surface area contributed by atoms with Gasteiger partial charge in [-0.3, -0.25) is 9.89 Å². The van der Waals surface area contributed by atoms with E-state index in [0.29, 0.717) is 5.54 Å². The van der Waals surface area contributed by atoms with Crippen LogP contribution in [0.15, 0.2) is 4.99 Å². The van der Waals surface area contributed by atoms with Crippen LogP contribution in [-0.4, -0.2) is 66.1 Å². The molecule has 2 fully saturated rings. The number of nitrogens with zero attached hydrogens (tertiary/aromatic N) is 3. The molecule has 0 unspecified atom stereocenters. The van der Waals surface area contributed by atoms with E-state index in [9.17, 15) is 0 Å². The van der Waals surface area contributed by atoms with E-state index in [4.69, 9.17) is 0 Å². The largest absolute Gasteiger partial charge is 0.356 e. The Morgan fingerprint density at radius 2 is 1.89 bits per heavy atom. The lowest BCUT2D eigenvalue weighted by Gasteiger charge is -2.48. The van der Waals surface area contributed by atoms with E-state index in [1.54, 1.807) is 0 Å². The van der Waals surface area contributed by atoms with Crippen LogP contribution in [-0.2, 0) is 6.42 Å². The first-order chi connectivity index (χ1) is 13.1. The second-order valence-corrected chi connectivity index (χ2v) is 10.2. The fourth-order valence-electron chi connectivity index (χ4n) is 4.26. The van der Waals surface area contributed by atoms with E-state index < -0.39 is 0 Å². The van der Waals surface area contributed by atoms with Crippen LogP contribution in [0.1, 0.15) is 47.7 Å². The molecule has 1 aromatic heterocycles. The van der Waals surface area contributed by atoms with Crippen LogP contribution in [0.5, 0.6) is 0 Å². The van der Waals surface area contributed by atoms with Crippen molar-refractivity contribution in [3.8, 4) is 0 Å². The number of rotatable bonds is 6. The molecule has 0 spiro atoms. The van der Waals surface area contributed by atoms with Crippen molar-refractivity contribution in [2.45, 2.75) is 57.9 Å². The Morgan fingerprint density at radius 1 is 1.15 bits per heavy atom. The Labute approximate surface area is 172 Å². The topological polar surface area (TPSA) is 52.6 Å². The van der Waals surface area contributed by atoms with Crippen molar-refractivity contribution < 1.29 is 0 Å². The zero-order valence-electron chi connectivity index (χ0n) is 17.1. The average molecular weight is 410 g/mol. The summed E-state index contributed by atoms with van der Waals surface area (Å²) < 4.78 is 0. The van der Waals surface area contributed by atoms with Crippen LogP contribution in [0.4, 0.5) is 0 Å². The SMILES string of the molecule is CN=C(NCCc1nc(C)c(C)s1)NCC1(N2CCSCC2)CCCCC1. The van der Waals surface area contributed by atoms with Gasteiger partial charge in [-0.25, -0.2) is 4.98 Å². The fraction of sp³-hybridized carbons (Fsp3) is 0.800. The summed E-state index contributed by atoms with van der Waals surface area (Å²) in [6.45, 7) is 8.59. The first kappa shape index (κ1) is 20.9. The van der Waals surface area contributed by atoms with E-state index in [0.717, 1.165) is 31.2 Å². The van der Waals surface area contributed by atoms with Crippen molar-refractivity contribution in [2.75, 3.05) is 44.7 Å². The molecule has 0 bridgehead atoms. The molecule has 1 aliphatic heterocycles. The molecule has 0 atom stereocenters. The summed E-state index contributed by atoms with van der Waals surface area (Å²) in [6.07, 6.45) is 7.71. The number of hydrogen-bond donors (Lipinski definition) is 2. The van der Waals surface area contributed by atoms with Gasteiger partial charge in [0, 0.05) is 61.6 Å². The predicted octanol–water partition coefficient (Wildman–Crippen LogP) is 3.22. The Morgan fingerprint density at radius 3 is 2.52 bits per heavy atom. The number of aryl methyl sites for hydroxylation is 2. The second kappa shape index (κ2) is 10.1. The van der Waals surface area contributed by atoms with E-state index >= 15 is 0 Å². The monoisotopic (exact) mass is 409 g/mol. The van der Waals surface area contributed by atoms with Crippen LogP contribution >= 0.6 is 23.1 Å². The van der Waals surface area contributed by atoms with Gasteiger partial charge in [-0.05, 0) is 26.7 Å². The minimum atomic E-state index is 0.320. The lowest BCUT2D eigenvalue weighted by molar-refractivity contribution is 0.0626. The number of hydrogen-bond acceptors (Lipinski definition) is 5. The third-order valence-corrected chi connectivity index (χ3v) is 8.05. The molecule has 2 heterocycles. The number of aromatic nitrogens is 1. The second-order valence-electron chi connectivity index (χ2n) is 7.74. The zero-order chi connectivity index (χ0) is 19.1. The van der Waals surface area contributed by atoms with Crippen molar-refractivity contribution in [1.29, 1.82) is 0 Å². The van der Waals surface area contributed by atoms with Gasteiger partial charge < -0.3 is 10.6 Å². The smallest absolute Gasteiger partial charge is 0.191 e. The Kier molecular flexibility index (Phi) is 7.85. The molecule has 1 aromatic rings. The van der Waals surface area contributed by atoms with E-state index in [1.807, 2.05) is 18.4 Å². The Hall–Kier alpha value is -0.790. The van der Waals surface area contributed by atoms with Crippen LogP contribution in [0, 0.1) is 13.8 Å². The van der Waals surface area contributed by atoms with Gasteiger partial charge in [0.1, 0.15) is 0 Å². The normalized spacial score (nSPS) is 21.2. The van der Waals surface area contributed by atoms with Crippen molar-refractivity contribution >= 4 is 29.1 Å². The summed E-state index contributed by atoms with van der Waals surface area (Å²) >= 11 is 3.91. The molecule has 3 rings (SSSR count). The highest BCUT2D eigenvalue weighted by molar-refractivity contribution is 7.99. The van der Waals surface area contributed by atoms with Gasteiger partial charge in [0.15, 0.2) is 5.96 Å². The third kappa shape index (κ3) is 5.61. The van der Waals surface area contributed by atoms with E-state index in [-0.39, 0.29) is 0 Å². The van der Waals surface area contributed by atoms with Crippen molar-refractivity contribution in [2.24, 2.45) is 4.99 Å². The molecular formula is C20H35N5S2. The van der Waals surface area contributed by atoms with Crippen molar-refractivity contribution in [1.82, 2.24) is 20.5 Å². The third-order valence-electron chi connectivity index (χ3n) is 5.98. The zero-order valence-corrected chi connectivity index (χ0v) is 18.8. The molecular weight excluding hydrogens is 374 g/mol. The highest BCUT2D eigenvalue weighted by Gasteiger charge is 2.38. The molecule has 0 radical (unpaired) electrons. The lowest BCUT2D eigenvalue weighted by atomic mass is 9.80. The van der Waals surface area contributed by atoms with Crippen LogP contribution in [0.25, 0.3) is 0 Å². The summed E-state index contributed by atoms with van der Waals surface area (Å²) in [5.74, 6) is 3.49. The molecule has 2 aliphatic rings. The maximum absolute atomic E-state index is 4.63. The van der Waals surface area contributed by atoms with Gasteiger partial charge in [-0.2, -0.15) is 11.8 Å². The molecule has 5 nitrogen and oxygen atoms in total. The van der Waals surface area contributed by atoms with Gasteiger partial charge in [0.05, 0.1) is 10.7 Å². The van der Waals surface area contributed by atoms with Gasteiger partial charge in [-0.15, -0.1) is 11.3 Å². The standard InChI is InChI=1S/C20H35N5S2/c1-16-17(2)27-18(24-16)7-10-22-19(21-3)23-15-20(8-5-4-6-9-20)25-11-13-26-14-12-25/h4-15H2,1-3H3,(H2,21,22,23). The number of nitrogens with one attached hydrogen (secondary N) is 2. The maximum Gasteiger partial charge on any atom is 0.191 e. The van der Waals surface area contributed by atoms with Gasteiger partial charge in [-0.1, -0.05) is 19.3 Å². The summed E-state index contributed by atoms with van der Waals surface area (Å²) in [4.78, 5) is 13.2. The van der Waals surface area contributed by atoms with Crippen molar-refractivity contribution in [3.05, 3.63) is 15.6 Å².